The summed E-state index contributed by atoms with van der Waals surface area (Å²) in [5, 5.41) is 4.21. The monoisotopic (exact) mass is 473 g/mol. The first-order valence-corrected chi connectivity index (χ1v) is 11.3. The Morgan fingerprint density at radius 2 is 1.90 bits per heavy atom. The van der Waals surface area contributed by atoms with Gasteiger partial charge in [0.05, 0.1) is 5.69 Å². The number of anilines is 1. The maximum absolute atomic E-state index is 13.8. The Kier molecular flexibility index (Phi) is 3.73. The second-order valence-corrected chi connectivity index (χ2v) is 11.5. The number of hydrazone groups is 1. The molecule has 8 heteroatoms. The molecular weight excluding hydrogens is 453 g/mol. The number of hydrogen-bond donors (Lipinski definition) is 1. The molecule has 4 bridgehead atoms. The van der Waals surface area contributed by atoms with Crippen LogP contribution in [0.1, 0.15) is 38.5 Å². The highest BCUT2D eigenvalue weighted by Crippen LogP contribution is 2.65. The Morgan fingerprint density at radius 3 is 2.57 bits per heavy atom. The van der Waals surface area contributed by atoms with Crippen LogP contribution in [-0.4, -0.2) is 33.7 Å². The number of imide groups is 1. The van der Waals surface area contributed by atoms with E-state index < -0.39 is 35.0 Å². The number of carbonyl (C=O) groups excluding carboxylic acids is 3. The summed E-state index contributed by atoms with van der Waals surface area (Å²) in [6, 6.07) is 4.49. The Bertz CT molecular complexity index is 1030. The molecule has 4 atom stereocenters. The molecule has 0 aromatic heterocycles. The van der Waals surface area contributed by atoms with Crippen molar-refractivity contribution in [1.29, 1.82) is 0 Å². The molecule has 1 aromatic rings. The van der Waals surface area contributed by atoms with Crippen LogP contribution >= 0.6 is 15.9 Å². The maximum Gasteiger partial charge on any atom is 0.259 e. The van der Waals surface area contributed by atoms with Crippen molar-refractivity contribution in [3.8, 4) is 0 Å². The summed E-state index contributed by atoms with van der Waals surface area (Å²) in [5.74, 6) is -1.51. The van der Waals surface area contributed by atoms with Crippen LogP contribution in [0.5, 0.6) is 0 Å². The molecule has 4 saturated carbocycles. The average Bonchev–Trinajstić information content (AvgIpc) is 3.19. The zero-order valence-corrected chi connectivity index (χ0v) is 17.8. The first kappa shape index (κ1) is 18.7. The fraction of sp³-hybridized carbons (Fsp3) is 0.545. The fourth-order valence-electron chi connectivity index (χ4n) is 7.03. The number of nitrogens with zero attached hydrogens (tertiary/aromatic N) is 2. The number of Topliss-reactive ketones (excluding diaryl/α,β-unsaturated/α-hetero) is 1. The summed E-state index contributed by atoms with van der Waals surface area (Å²) in [5.41, 5.74) is 2.59. The summed E-state index contributed by atoms with van der Waals surface area (Å²) in [6.07, 6.45) is 5.80. The number of nitrogens with one attached hydrogen (secondary N) is 1. The molecule has 0 unspecified atom stereocenters. The van der Waals surface area contributed by atoms with E-state index in [1.54, 1.807) is 0 Å². The average molecular weight is 474 g/mol. The number of amides is 2. The van der Waals surface area contributed by atoms with Crippen LogP contribution in [0.2, 0.25) is 0 Å². The van der Waals surface area contributed by atoms with Crippen LogP contribution in [0.3, 0.4) is 0 Å². The smallest absolute Gasteiger partial charge is 0.259 e. The lowest BCUT2D eigenvalue weighted by Gasteiger charge is -2.59. The zero-order valence-electron chi connectivity index (χ0n) is 16.2. The molecule has 0 radical (unpaired) electrons. The SMILES string of the molecule is O=C1[C@@H]2C(C(=O)C34C[C@H]5C[C@@H](CC(Br)(C5)C3)C4)=NN[C@H]2C(=O)N1c1cccc(F)c1. The quantitative estimate of drug-likeness (QED) is 0.540. The van der Waals surface area contributed by atoms with Gasteiger partial charge in [0.15, 0.2) is 5.78 Å². The number of benzene rings is 1. The van der Waals surface area contributed by atoms with Gasteiger partial charge < -0.3 is 0 Å². The lowest BCUT2D eigenvalue weighted by molar-refractivity contribution is -0.135. The van der Waals surface area contributed by atoms with Crippen molar-refractivity contribution < 1.29 is 18.8 Å². The molecule has 6 nitrogen and oxygen atoms in total. The fourth-order valence-corrected chi connectivity index (χ4v) is 8.49. The minimum atomic E-state index is -0.937. The van der Waals surface area contributed by atoms with E-state index in [0.717, 1.165) is 43.1 Å². The van der Waals surface area contributed by atoms with E-state index in [-0.39, 0.29) is 21.5 Å². The van der Waals surface area contributed by atoms with Crippen molar-refractivity contribution in [1.82, 2.24) is 5.43 Å². The highest BCUT2D eigenvalue weighted by atomic mass is 79.9. The molecule has 1 aromatic carbocycles. The number of hydrogen-bond acceptors (Lipinski definition) is 5. The predicted molar refractivity (Wildman–Crippen MR) is 111 cm³/mol. The van der Waals surface area contributed by atoms with E-state index in [1.165, 1.54) is 24.6 Å². The van der Waals surface area contributed by atoms with Crippen molar-refractivity contribution >= 4 is 44.9 Å². The van der Waals surface area contributed by atoms with Gasteiger partial charge in [-0.05, 0) is 68.6 Å². The summed E-state index contributed by atoms with van der Waals surface area (Å²) < 4.78 is 13.7. The van der Waals surface area contributed by atoms with Gasteiger partial charge in [-0.3, -0.25) is 19.8 Å². The molecule has 6 aliphatic rings. The third kappa shape index (κ3) is 2.46. The summed E-state index contributed by atoms with van der Waals surface area (Å²) in [7, 11) is 0. The molecule has 1 N–H and O–H groups in total. The maximum atomic E-state index is 13.8. The molecule has 4 aliphatic carbocycles. The van der Waals surface area contributed by atoms with Gasteiger partial charge in [0.25, 0.3) is 5.91 Å². The van der Waals surface area contributed by atoms with Crippen LogP contribution in [0.25, 0.3) is 0 Å². The van der Waals surface area contributed by atoms with E-state index in [1.807, 2.05) is 0 Å². The molecule has 5 fully saturated rings. The third-order valence-electron chi connectivity index (χ3n) is 7.70. The first-order valence-electron chi connectivity index (χ1n) is 10.5. The Hall–Kier alpha value is -2.09. The molecular formula is C22H21BrFN3O3. The number of fused-ring (bicyclic) bond motifs is 1. The normalized spacial score (nSPS) is 41.1. The Labute approximate surface area is 181 Å². The summed E-state index contributed by atoms with van der Waals surface area (Å²) >= 11 is 3.92. The molecule has 1 saturated heterocycles. The minimum absolute atomic E-state index is 0.00183. The second kappa shape index (κ2) is 5.99. The first-order chi connectivity index (χ1) is 14.3. The van der Waals surface area contributed by atoms with Gasteiger partial charge >= 0.3 is 0 Å². The molecule has 0 spiro atoms. The number of rotatable bonds is 3. The number of carbonyl (C=O) groups is 3. The van der Waals surface area contributed by atoms with Gasteiger partial charge in [0.1, 0.15) is 23.5 Å². The highest BCUT2D eigenvalue weighted by molar-refractivity contribution is 9.10. The van der Waals surface area contributed by atoms with Crippen molar-refractivity contribution in [2.45, 2.75) is 48.9 Å². The summed E-state index contributed by atoms with van der Waals surface area (Å²) in [6.45, 7) is 0. The van der Waals surface area contributed by atoms with Crippen molar-refractivity contribution in [2.75, 3.05) is 4.90 Å². The number of halogens is 2. The molecule has 2 aliphatic heterocycles. The van der Waals surface area contributed by atoms with Gasteiger partial charge in [0.2, 0.25) is 5.91 Å². The van der Waals surface area contributed by atoms with E-state index >= 15 is 0 Å². The van der Waals surface area contributed by atoms with E-state index in [4.69, 9.17) is 0 Å². The van der Waals surface area contributed by atoms with Gasteiger partial charge in [-0.15, -0.1) is 0 Å². The molecule has 2 heterocycles. The molecule has 7 rings (SSSR count). The van der Waals surface area contributed by atoms with Crippen molar-refractivity contribution in [3.63, 3.8) is 0 Å². The summed E-state index contributed by atoms with van der Waals surface area (Å²) in [4.78, 5) is 40.9. The van der Waals surface area contributed by atoms with Crippen LogP contribution in [0.4, 0.5) is 10.1 Å². The molecule has 156 valence electrons. The standard InChI is InChI=1S/C22H21BrFN3O3/c23-22-8-11-4-12(9-22)7-21(6-11,10-22)18(28)16-15-17(26-25-16)20(30)27(19(15)29)14-3-1-2-13(24)5-14/h1-3,5,11-12,15,17,26H,4,6-10H2/t11-,12-,15-,17-,21?,22?/m1/s1. The second-order valence-electron chi connectivity index (χ2n) is 9.79. The third-order valence-corrected chi connectivity index (χ3v) is 8.62. The van der Waals surface area contributed by atoms with Crippen molar-refractivity contribution in [3.05, 3.63) is 30.1 Å². The largest absolute Gasteiger partial charge is 0.296 e. The Morgan fingerprint density at radius 1 is 1.17 bits per heavy atom. The number of alkyl halides is 1. The molecule has 2 amide bonds. The van der Waals surface area contributed by atoms with Crippen LogP contribution in [-0.2, 0) is 14.4 Å². The van der Waals surface area contributed by atoms with Crippen molar-refractivity contribution in [2.24, 2.45) is 28.3 Å². The Balaban J connectivity index is 1.33. The number of ketones is 1. The molecule has 30 heavy (non-hydrogen) atoms. The van der Waals surface area contributed by atoms with Crippen LogP contribution in [0, 0.1) is 29.0 Å². The van der Waals surface area contributed by atoms with E-state index in [0.29, 0.717) is 11.8 Å². The van der Waals surface area contributed by atoms with E-state index in [9.17, 15) is 18.8 Å². The lowest BCUT2D eigenvalue weighted by Crippen LogP contribution is -2.57. The van der Waals surface area contributed by atoms with E-state index in [2.05, 4.69) is 26.5 Å². The van der Waals surface area contributed by atoms with Gasteiger partial charge in [-0.2, -0.15) is 5.10 Å². The van der Waals surface area contributed by atoms with Crippen LogP contribution < -0.4 is 10.3 Å². The lowest BCUT2D eigenvalue weighted by atomic mass is 9.48. The van der Waals surface area contributed by atoms with Gasteiger partial charge in [-0.1, -0.05) is 22.0 Å². The zero-order chi connectivity index (χ0) is 20.8. The predicted octanol–water partition coefficient (Wildman–Crippen LogP) is 2.95. The van der Waals surface area contributed by atoms with Gasteiger partial charge in [-0.25, -0.2) is 9.29 Å². The van der Waals surface area contributed by atoms with Gasteiger partial charge in [0, 0.05) is 9.74 Å². The minimum Gasteiger partial charge on any atom is -0.296 e. The highest BCUT2D eigenvalue weighted by Gasteiger charge is 2.63. The van der Waals surface area contributed by atoms with Crippen LogP contribution in [0.15, 0.2) is 29.4 Å². The topological polar surface area (TPSA) is 78.8 Å².